The van der Waals surface area contributed by atoms with Crippen molar-refractivity contribution in [3.05, 3.63) is 34.6 Å². The Morgan fingerprint density at radius 3 is 2.68 bits per heavy atom. The Hall–Kier alpha value is -0.640. The lowest BCUT2D eigenvalue weighted by atomic mass is 10.00. The van der Waals surface area contributed by atoms with Crippen molar-refractivity contribution < 1.29 is 9.13 Å². The first kappa shape index (κ1) is 16.4. The van der Waals surface area contributed by atoms with E-state index >= 15 is 0 Å². The Bertz CT molecular complexity index is 386. The lowest BCUT2D eigenvalue weighted by Gasteiger charge is -2.20. The second-order valence-corrected chi connectivity index (χ2v) is 5.24. The molecule has 1 rings (SSSR count). The summed E-state index contributed by atoms with van der Waals surface area (Å²) in [6.45, 7) is 5.04. The van der Waals surface area contributed by atoms with E-state index in [0.717, 1.165) is 31.4 Å². The van der Waals surface area contributed by atoms with Crippen molar-refractivity contribution in [3.63, 3.8) is 0 Å². The van der Waals surface area contributed by atoms with Crippen LogP contribution in [0.4, 0.5) is 4.39 Å². The molecule has 0 fully saturated rings. The summed E-state index contributed by atoms with van der Waals surface area (Å²) in [5, 5.41) is 3.61. The Labute approximate surface area is 120 Å². The minimum atomic E-state index is -0.348. The van der Waals surface area contributed by atoms with Crippen LogP contribution in [0.5, 0.6) is 0 Å². The predicted octanol–water partition coefficient (Wildman–Crippen LogP) is 3.81. The van der Waals surface area contributed by atoms with Crippen LogP contribution in [-0.2, 0) is 11.2 Å². The molecule has 0 heterocycles. The molecule has 0 saturated carbocycles. The fourth-order valence-corrected chi connectivity index (χ4v) is 2.19. The molecule has 2 unspecified atom stereocenters. The van der Waals surface area contributed by atoms with Crippen LogP contribution < -0.4 is 5.32 Å². The van der Waals surface area contributed by atoms with E-state index in [2.05, 4.69) is 19.2 Å². The normalized spacial score (nSPS) is 14.4. The maximum atomic E-state index is 13.4. The summed E-state index contributed by atoms with van der Waals surface area (Å²) in [6.07, 6.45) is 3.05. The summed E-state index contributed by atoms with van der Waals surface area (Å²) >= 11 is 5.69. The average molecular weight is 288 g/mol. The summed E-state index contributed by atoms with van der Waals surface area (Å²) in [5.41, 5.74) is 0.970. The van der Waals surface area contributed by atoms with Gasteiger partial charge >= 0.3 is 0 Å². The zero-order valence-electron chi connectivity index (χ0n) is 11.9. The van der Waals surface area contributed by atoms with Crippen LogP contribution in [0.1, 0.15) is 32.3 Å². The zero-order valence-corrected chi connectivity index (χ0v) is 12.6. The SMILES string of the molecule is CCNC(CCC(C)OC)Cc1ccc(Cl)c(F)c1. The highest BCUT2D eigenvalue weighted by Crippen LogP contribution is 2.17. The molecular formula is C15H23ClFNO. The van der Waals surface area contributed by atoms with Crippen molar-refractivity contribution in [1.82, 2.24) is 5.32 Å². The van der Waals surface area contributed by atoms with Gasteiger partial charge in [0.05, 0.1) is 11.1 Å². The standard InChI is InChI=1S/C15H23ClFNO/c1-4-18-13(7-5-11(2)19-3)9-12-6-8-14(16)15(17)10-12/h6,8,10-11,13,18H,4-5,7,9H2,1-3H3. The van der Waals surface area contributed by atoms with Crippen molar-refractivity contribution in [3.8, 4) is 0 Å². The smallest absolute Gasteiger partial charge is 0.142 e. The van der Waals surface area contributed by atoms with Gasteiger partial charge in [-0.25, -0.2) is 4.39 Å². The van der Waals surface area contributed by atoms with Gasteiger partial charge in [-0.2, -0.15) is 0 Å². The van der Waals surface area contributed by atoms with E-state index in [1.165, 1.54) is 6.07 Å². The van der Waals surface area contributed by atoms with Crippen molar-refractivity contribution in [2.75, 3.05) is 13.7 Å². The van der Waals surface area contributed by atoms with Gasteiger partial charge in [-0.1, -0.05) is 24.6 Å². The molecule has 0 aromatic heterocycles. The third-order valence-electron chi connectivity index (χ3n) is 3.28. The first-order valence-corrected chi connectivity index (χ1v) is 7.14. The number of halogens is 2. The van der Waals surface area contributed by atoms with Gasteiger partial charge in [0.15, 0.2) is 0 Å². The number of methoxy groups -OCH3 is 1. The summed E-state index contributed by atoms with van der Waals surface area (Å²) in [7, 11) is 1.72. The largest absolute Gasteiger partial charge is 0.382 e. The van der Waals surface area contributed by atoms with Crippen molar-refractivity contribution in [2.45, 2.75) is 45.3 Å². The first-order valence-electron chi connectivity index (χ1n) is 6.76. The van der Waals surface area contributed by atoms with Crippen LogP contribution in [0.15, 0.2) is 18.2 Å². The van der Waals surface area contributed by atoms with Gasteiger partial charge in [0.2, 0.25) is 0 Å². The Morgan fingerprint density at radius 1 is 1.37 bits per heavy atom. The second-order valence-electron chi connectivity index (χ2n) is 4.83. The summed E-state index contributed by atoms with van der Waals surface area (Å²) in [4.78, 5) is 0. The van der Waals surface area contributed by atoms with Gasteiger partial charge in [0.25, 0.3) is 0 Å². The molecule has 0 aliphatic heterocycles. The molecule has 108 valence electrons. The summed E-state index contributed by atoms with van der Waals surface area (Å²) in [6, 6.07) is 5.36. The monoisotopic (exact) mass is 287 g/mol. The zero-order chi connectivity index (χ0) is 14.3. The average Bonchev–Trinajstić information content (AvgIpc) is 2.40. The van der Waals surface area contributed by atoms with Crippen LogP contribution in [0.3, 0.4) is 0 Å². The molecule has 0 aliphatic carbocycles. The van der Waals surface area contributed by atoms with Crippen LogP contribution in [0.2, 0.25) is 5.02 Å². The third kappa shape index (κ3) is 5.89. The van der Waals surface area contributed by atoms with Crippen LogP contribution in [0.25, 0.3) is 0 Å². The quantitative estimate of drug-likeness (QED) is 0.785. The topological polar surface area (TPSA) is 21.3 Å². The number of nitrogens with one attached hydrogen (secondary N) is 1. The predicted molar refractivity (Wildman–Crippen MR) is 78.3 cm³/mol. The lowest BCUT2D eigenvalue weighted by molar-refractivity contribution is 0.106. The molecule has 2 atom stereocenters. The minimum Gasteiger partial charge on any atom is -0.382 e. The van der Waals surface area contributed by atoms with E-state index in [9.17, 15) is 4.39 Å². The van der Waals surface area contributed by atoms with Gasteiger partial charge < -0.3 is 10.1 Å². The molecule has 19 heavy (non-hydrogen) atoms. The van der Waals surface area contributed by atoms with Crippen LogP contribution in [-0.4, -0.2) is 25.8 Å². The van der Waals surface area contributed by atoms with Crippen molar-refractivity contribution >= 4 is 11.6 Å². The number of rotatable bonds is 8. The molecule has 4 heteroatoms. The lowest BCUT2D eigenvalue weighted by Crippen LogP contribution is -2.32. The molecule has 0 saturated heterocycles. The van der Waals surface area contributed by atoms with Gasteiger partial charge in [-0.3, -0.25) is 0 Å². The number of ether oxygens (including phenoxy) is 1. The molecule has 0 bridgehead atoms. The molecule has 1 N–H and O–H groups in total. The fraction of sp³-hybridized carbons (Fsp3) is 0.600. The Kier molecular flexibility index (Phi) is 7.36. The van der Waals surface area contributed by atoms with E-state index in [1.54, 1.807) is 13.2 Å². The molecule has 0 spiro atoms. The molecule has 1 aromatic rings. The van der Waals surface area contributed by atoms with Gasteiger partial charge in [0.1, 0.15) is 5.82 Å². The van der Waals surface area contributed by atoms with Gasteiger partial charge in [-0.05, 0) is 50.4 Å². The second kappa shape index (κ2) is 8.51. The maximum Gasteiger partial charge on any atom is 0.142 e. The third-order valence-corrected chi connectivity index (χ3v) is 3.59. The molecular weight excluding hydrogens is 265 g/mol. The number of hydrogen-bond donors (Lipinski definition) is 1. The molecule has 2 nitrogen and oxygen atoms in total. The van der Waals surface area contributed by atoms with E-state index in [1.807, 2.05) is 6.07 Å². The highest BCUT2D eigenvalue weighted by Gasteiger charge is 2.12. The molecule has 1 aromatic carbocycles. The number of likely N-dealkylation sites (N-methyl/N-ethyl adjacent to an activating group) is 1. The Balaban J connectivity index is 2.58. The highest BCUT2D eigenvalue weighted by molar-refractivity contribution is 6.30. The van der Waals surface area contributed by atoms with Crippen LogP contribution in [0, 0.1) is 5.82 Å². The molecule has 0 amide bonds. The van der Waals surface area contributed by atoms with E-state index in [4.69, 9.17) is 16.3 Å². The molecule has 0 radical (unpaired) electrons. The first-order chi connectivity index (χ1) is 9.06. The summed E-state index contributed by atoms with van der Waals surface area (Å²) in [5.74, 6) is -0.348. The summed E-state index contributed by atoms with van der Waals surface area (Å²) < 4.78 is 18.7. The highest BCUT2D eigenvalue weighted by atomic mass is 35.5. The van der Waals surface area contributed by atoms with Crippen LogP contribution >= 0.6 is 11.6 Å². The number of benzene rings is 1. The van der Waals surface area contributed by atoms with E-state index in [0.29, 0.717) is 6.04 Å². The van der Waals surface area contributed by atoms with Gasteiger partial charge in [-0.15, -0.1) is 0 Å². The molecule has 0 aliphatic rings. The van der Waals surface area contributed by atoms with Crippen molar-refractivity contribution in [1.29, 1.82) is 0 Å². The minimum absolute atomic E-state index is 0.178. The Morgan fingerprint density at radius 2 is 2.11 bits per heavy atom. The van der Waals surface area contributed by atoms with E-state index in [-0.39, 0.29) is 16.9 Å². The van der Waals surface area contributed by atoms with Crippen molar-refractivity contribution in [2.24, 2.45) is 0 Å². The number of hydrogen-bond acceptors (Lipinski definition) is 2. The maximum absolute atomic E-state index is 13.4. The van der Waals surface area contributed by atoms with E-state index < -0.39 is 0 Å². The fourth-order valence-electron chi connectivity index (χ4n) is 2.07. The van der Waals surface area contributed by atoms with Gasteiger partial charge in [0, 0.05) is 13.2 Å².